The molecule has 32 heavy (non-hydrogen) atoms. The van der Waals surface area contributed by atoms with Gasteiger partial charge >= 0.3 is 6.18 Å². The van der Waals surface area contributed by atoms with Crippen molar-refractivity contribution in [2.24, 2.45) is 17.3 Å². The van der Waals surface area contributed by atoms with Crippen LogP contribution in [-0.2, 0) is 24.2 Å². The first-order valence-electron chi connectivity index (χ1n) is 11.9. The highest BCUT2D eigenvalue weighted by Gasteiger charge is 2.47. The minimum Gasteiger partial charge on any atom is -0.352 e. The van der Waals surface area contributed by atoms with E-state index in [0.717, 1.165) is 31.4 Å². The third-order valence-electron chi connectivity index (χ3n) is 7.66. The number of hydrogen-bond donors (Lipinski definition) is 2. The van der Waals surface area contributed by atoms with Crippen LogP contribution in [0, 0.1) is 17.3 Å². The average molecular weight is 457 g/mol. The van der Waals surface area contributed by atoms with Gasteiger partial charge < -0.3 is 10.6 Å². The summed E-state index contributed by atoms with van der Waals surface area (Å²) in [6, 6.07) is 3.97. The lowest BCUT2D eigenvalue weighted by Crippen LogP contribution is -2.46. The second-order valence-corrected chi connectivity index (χ2v) is 10.1. The van der Waals surface area contributed by atoms with Gasteiger partial charge in [0.2, 0.25) is 5.91 Å². The van der Waals surface area contributed by atoms with E-state index in [0.29, 0.717) is 12.0 Å². The standard InChI is InChI=1S/C25H36F4N2O/c1-16(2)24(9-8-21(13-24)31-22-7-5-4-6-17(22)3)23(32)30-15-19-10-18(14-26)11-20(12-19)25(27,28)29/h10-12,16-17,21-22,31H,4-9,13-15H2,1-3H3,(H,30,32). The summed E-state index contributed by atoms with van der Waals surface area (Å²) < 4.78 is 52.5. The summed E-state index contributed by atoms with van der Waals surface area (Å²) in [4.78, 5) is 13.3. The number of alkyl halides is 4. The van der Waals surface area contributed by atoms with E-state index in [9.17, 15) is 22.4 Å². The van der Waals surface area contributed by atoms with E-state index in [1.54, 1.807) is 0 Å². The zero-order valence-corrected chi connectivity index (χ0v) is 19.3. The Balaban J connectivity index is 1.67. The second-order valence-electron chi connectivity index (χ2n) is 10.1. The fourth-order valence-corrected chi connectivity index (χ4v) is 5.54. The number of rotatable bonds is 7. The van der Waals surface area contributed by atoms with Gasteiger partial charge in [0.05, 0.1) is 11.0 Å². The third-order valence-corrected chi connectivity index (χ3v) is 7.66. The lowest BCUT2D eigenvalue weighted by molar-refractivity contribution is -0.137. The van der Waals surface area contributed by atoms with Crippen molar-refractivity contribution in [2.75, 3.05) is 0 Å². The van der Waals surface area contributed by atoms with E-state index in [-0.39, 0.29) is 35.5 Å². The third kappa shape index (κ3) is 5.64. The molecule has 3 nitrogen and oxygen atoms in total. The molecule has 180 valence electrons. The molecule has 2 aliphatic carbocycles. The van der Waals surface area contributed by atoms with E-state index in [1.807, 2.05) is 13.8 Å². The van der Waals surface area contributed by atoms with Crippen molar-refractivity contribution >= 4 is 5.91 Å². The van der Waals surface area contributed by atoms with Crippen LogP contribution < -0.4 is 10.6 Å². The molecule has 0 spiro atoms. The van der Waals surface area contributed by atoms with Crippen molar-refractivity contribution in [1.29, 1.82) is 0 Å². The monoisotopic (exact) mass is 456 g/mol. The average Bonchev–Trinajstić information content (AvgIpc) is 3.18. The molecule has 7 heteroatoms. The van der Waals surface area contributed by atoms with Gasteiger partial charge in [-0.1, -0.05) is 39.7 Å². The first kappa shape index (κ1) is 25.0. The van der Waals surface area contributed by atoms with E-state index < -0.39 is 23.8 Å². The van der Waals surface area contributed by atoms with E-state index >= 15 is 0 Å². The molecule has 2 fully saturated rings. The topological polar surface area (TPSA) is 41.1 Å². The smallest absolute Gasteiger partial charge is 0.352 e. The molecule has 3 rings (SSSR count). The second kappa shape index (κ2) is 10.1. The molecule has 0 heterocycles. The molecule has 4 atom stereocenters. The molecular formula is C25H36F4N2O. The van der Waals surface area contributed by atoms with Gasteiger partial charge in [0.15, 0.2) is 0 Å². The van der Waals surface area contributed by atoms with E-state index in [1.165, 1.54) is 31.7 Å². The molecule has 1 amide bonds. The van der Waals surface area contributed by atoms with Crippen LogP contribution >= 0.6 is 0 Å². The zero-order chi connectivity index (χ0) is 23.5. The normalized spacial score (nSPS) is 28.8. The summed E-state index contributed by atoms with van der Waals surface area (Å²) in [7, 11) is 0. The Labute approximate surface area is 188 Å². The first-order chi connectivity index (χ1) is 15.0. The maximum absolute atomic E-state index is 13.3. The number of benzene rings is 1. The Morgan fingerprint density at radius 3 is 2.44 bits per heavy atom. The van der Waals surface area contributed by atoms with Crippen LogP contribution in [0.2, 0.25) is 0 Å². The van der Waals surface area contributed by atoms with Gasteiger partial charge in [0.1, 0.15) is 6.67 Å². The fourth-order valence-electron chi connectivity index (χ4n) is 5.54. The fraction of sp³-hybridized carbons (Fsp3) is 0.720. The minimum atomic E-state index is -4.55. The molecule has 0 radical (unpaired) electrons. The number of halogens is 4. The highest BCUT2D eigenvalue weighted by Crippen LogP contribution is 2.45. The van der Waals surface area contributed by atoms with Crippen LogP contribution in [0.25, 0.3) is 0 Å². The van der Waals surface area contributed by atoms with Crippen LogP contribution in [0.15, 0.2) is 18.2 Å². The summed E-state index contributed by atoms with van der Waals surface area (Å²) in [5, 5.41) is 6.67. The van der Waals surface area contributed by atoms with Gasteiger partial charge in [0.25, 0.3) is 0 Å². The Morgan fingerprint density at radius 1 is 1.12 bits per heavy atom. The largest absolute Gasteiger partial charge is 0.416 e. The lowest BCUT2D eigenvalue weighted by atomic mass is 9.74. The Kier molecular flexibility index (Phi) is 7.89. The molecule has 0 aliphatic heterocycles. The van der Waals surface area contributed by atoms with Crippen LogP contribution in [0.5, 0.6) is 0 Å². The molecule has 2 saturated carbocycles. The van der Waals surface area contributed by atoms with Gasteiger partial charge in [-0.25, -0.2) is 4.39 Å². The summed E-state index contributed by atoms with van der Waals surface area (Å²) in [5.74, 6) is 0.630. The van der Waals surface area contributed by atoms with Gasteiger partial charge in [-0.3, -0.25) is 4.79 Å². The Bertz CT molecular complexity index is 795. The summed E-state index contributed by atoms with van der Waals surface area (Å²) >= 11 is 0. The maximum Gasteiger partial charge on any atom is 0.416 e. The van der Waals surface area contributed by atoms with E-state index in [4.69, 9.17) is 0 Å². The molecule has 1 aromatic rings. The predicted octanol–water partition coefficient (Wildman–Crippen LogP) is 6.15. The van der Waals surface area contributed by atoms with Gasteiger partial charge in [-0.05, 0) is 67.2 Å². The van der Waals surface area contributed by atoms with Gasteiger partial charge in [0, 0.05) is 18.6 Å². The molecule has 2 N–H and O–H groups in total. The zero-order valence-electron chi connectivity index (χ0n) is 19.3. The van der Waals surface area contributed by atoms with Crippen molar-refractivity contribution in [3.63, 3.8) is 0 Å². The molecular weight excluding hydrogens is 420 g/mol. The van der Waals surface area contributed by atoms with Crippen molar-refractivity contribution in [1.82, 2.24) is 10.6 Å². The van der Waals surface area contributed by atoms with Crippen LogP contribution in [0.4, 0.5) is 17.6 Å². The number of carbonyl (C=O) groups is 1. The SMILES string of the molecule is CC1CCCCC1NC1CCC(C(=O)NCc2cc(CF)cc(C(F)(F)F)c2)(C(C)C)C1. The van der Waals surface area contributed by atoms with Crippen molar-refractivity contribution < 1.29 is 22.4 Å². The van der Waals surface area contributed by atoms with Crippen LogP contribution in [-0.4, -0.2) is 18.0 Å². The van der Waals surface area contributed by atoms with Crippen molar-refractivity contribution in [3.05, 3.63) is 34.9 Å². The predicted molar refractivity (Wildman–Crippen MR) is 118 cm³/mol. The van der Waals surface area contributed by atoms with Gasteiger partial charge in [-0.15, -0.1) is 0 Å². The molecule has 4 unspecified atom stereocenters. The highest BCUT2D eigenvalue weighted by atomic mass is 19.4. The highest BCUT2D eigenvalue weighted by molar-refractivity contribution is 5.83. The molecule has 0 aromatic heterocycles. The van der Waals surface area contributed by atoms with Crippen molar-refractivity contribution in [2.45, 2.75) is 97.2 Å². The molecule has 1 aromatic carbocycles. The van der Waals surface area contributed by atoms with Gasteiger partial charge in [-0.2, -0.15) is 13.2 Å². The number of nitrogens with one attached hydrogen (secondary N) is 2. The minimum absolute atomic E-state index is 0.0330. The Hall–Kier alpha value is -1.63. The number of carbonyl (C=O) groups excluding carboxylic acids is 1. The maximum atomic E-state index is 13.3. The summed E-state index contributed by atoms with van der Waals surface area (Å²) in [6.45, 7) is 5.35. The van der Waals surface area contributed by atoms with E-state index in [2.05, 4.69) is 17.6 Å². The first-order valence-corrected chi connectivity index (χ1v) is 11.9. The summed E-state index contributed by atoms with van der Waals surface area (Å²) in [5.41, 5.74) is -1.19. The number of hydrogen-bond acceptors (Lipinski definition) is 2. The molecule has 0 saturated heterocycles. The lowest BCUT2D eigenvalue weighted by Gasteiger charge is -2.35. The number of amides is 1. The van der Waals surface area contributed by atoms with Crippen molar-refractivity contribution in [3.8, 4) is 0 Å². The quantitative estimate of drug-likeness (QED) is 0.483. The van der Waals surface area contributed by atoms with Crippen LogP contribution in [0.3, 0.4) is 0 Å². The van der Waals surface area contributed by atoms with Crippen LogP contribution in [0.1, 0.15) is 82.4 Å². The Morgan fingerprint density at radius 2 is 1.81 bits per heavy atom. The molecule has 0 bridgehead atoms. The molecule has 2 aliphatic rings. The summed E-state index contributed by atoms with van der Waals surface area (Å²) in [6.07, 6.45) is 2.78.